The fourth-order valence-corrected chi connectivity index (χ4v) is 7.48. The summed E-state index contributed by atoms with van der Waals surface area (Å²) in [5.74, 6) is 0.914. The Kier molecular flexibility index (Phi) is 5.33. The average molecular weight is 295 g/mol. The smallest absolute Gasteiger partial charge is 0.118 e. The molecule has 0 heterocycles. The van der Waals surface area contributed by atoms with Gasteiger partial charge < -0.3 is 4.74 Å². The average Bonchev–Trinajstić information content (AvgIpc) is 2.35. The molecule has 0 amide bonds. The Morgan fingerprint density at radius 1 is 1.21 bits per heavy atom. The van der Waals surface area contributed by atoms with Crippen molar-refractivity contribution >= 4 is 19.8 Å². The molecule has 0 fully saturated rings. The largest absolute Gasteiger partial charge is 0.497 e. The van der Waals surface area contributed by atoms with E-state index in [1.165, 1.54) is 4.90 Å². The van der Waals surface area contributed by atoms with Crippen LogP contribution < -0.4 is 4.74 Å². The molecule has 3 heteroatoms. The van der Waals surface area contributed by atoms with E-state index in [-0.39, 0.29) is 5.41 Å². The first kappa shape index (κ1) is 16.4. The molecule has 1 rings (SSSR count). The van der Waals surface area contributed by atoms with Gasteiger partial charge in [0.1, 0.15) is 5.75 Å². The van der Waals surface area contributed by atoms with Crippen LogP contribution in [0.5, 0.6) is 5.75 Å². The van der Waals surface area contributed by atoms with E-state index in [2.05, 4.69) is 58.3 Å². The summed E-state index contributed by atoms with van der Waals surface area (Å²) in [6, 6.07) is 8.36. The van der Waals surface area contributed by atoms with Gasteiger partial charge in [0.05, 0.1) is 15.2 Å². The molecular formula is C16H26OSSi. The van der Waals surface area contributed by atoms with Crippen molar-refractivity contribution in [1.82, 2.24) is 0 Å². The van der Waals surface area contributed by atoms with Crippen molar-refractivity contribution < 1.29 is 4.74 Å². The van der Waals surface area contributed by atoms with E-state index in [0.29, 0.717) is 4.87 Å². The number of benzene rings is 1. The molecule has 0 aliphatic heterocycles. The van der Waals surface area contributed by atoms with Crippen molar-refractivity contribution in [2.24, 2.45) is 5.41 Å². The fraction of sp³-hybridized carbons (Fsp3) is 0.500. The Balaban J connectivity index is 2.98. The van der Waals surface area contributed by atoms with E-state index in [1.807, 2.05) is 23.9 Å². The molecular weight excluding hydrogens is 268 g/mol. The maximum absolute atomic E-state index is 5.21. The van der Waals surface area contributed by atoms with Gasteiger partial charge in [0.25, 0.3) is 0 Å². The molecule has 1 nitrogen and oxygen atoms in total. The Bertz CT molecular complexity index is 417. The Labute approximate surface area is 123 Å². The quantitative estimate of drug-likeness (QED) is 0.403. The molecule has 0 aliphatic carbocycles. The van der Waals surface area contributed by atoms with E-state index in [1.54, 1.807) is 7.11 Å². The number of methoxy groups -OCH3 is 1. The van der Waals surface area contributed by atoms with Gasteiger partial charge in [-0.3, -0.25) is 0 Å². The lowest BCUT2D eigenvalue weighted by Crippen LogP contribution is -2.45. The molecule has 0 saturated carbocycles. The van der Waals surface area contributed by atoms with Crippen LogP contribution in [0.25, 0.3) is 0 Å². The zero-order chi connectivity index (χ0) is 14.7. The van der Waals surface area contributed by atoms with Crippen LogP contribution in [0.3, 0.4) is 0 Å². The summed E-state index contributed by atoms with van der Waals surface area (Å²) in [7, 11) is 0.415. The van der Waals surface area contributed by atoms with Crippen molar-refractivity contribution in [1.29, 1.82) is 0 Å². The van der Waals surface area contributed by atoms with Gasteiger partial charge in [-0.25, -0.2) is 0 Å². The monoisotopic (exact) mass is 294 g/mol. The number of thioether (sulfide) groups is 1. The molecule has 1 aromatic rings. The highest BCUT2D eigenvalue weighted by Gasteiger charge is 2.38. The van der Waals surface area contributed by atoms with E-state index in [9.17, 15) is 0 Å². The van der Waals surface area contributed by atoms with Crippen LogP contribution in [0.4, 0.5) is 0 Å². The molecule has 0 N–H and O–H groups in total. The van der Waals surface area contributed by atoms with Gasteiger partial charge in [-0.2, -0.15) is 0 Å². The molecule has 0 bridgehead atoms. The summed E-state index contributed by atoms with van der Waals surface area (Å²) >= 11 is 1.98. The number of allylic oxidation sites excluding steroid dienone is 1. The van der Waals surface area contributed by atoms with Crippen LogP contribution in [0.1, 0.15) is 13.8 Å². The van der Waals surface area contributed by atoms with Gasteiger partial charge in [0, 0.05) is 9.77 Å². The number of rotatable bonds is 6. The van der Waals surface area contributed by atoms with Crippen molar-refractivity contribution in [3.8, 4) is 5.75 Å². The Morgan fingerprint density at radius 3 is 2.11 bits per heavy atom. The Morgan fingerprint density at radius 2 is 1.74 bits per heavy atom. The molecule has 19 heavy (non-hydrogen) atoms. The maximum Gasteiger partial charge on any atom is 0.118 e. The third-order valence-corrected chi connectivity index (χ3v) is 9.48. The van der Waals surface area contributed by atoms with Gasteiger partial charge in [-0.1, -0.05) is 39.6 Å². The van der Waals surface area contributed by atoms with Crippen molar-refractivity contribution in [3.63, 3.8) is 0 Å². The molecule has 1 atom stereocenters. The third-order valence-electron chi connectivity index (χ3n) is 3.30. The normalized spacial score (nSPS) is 14.0. The number of ether oxygens (including phenoxy) is 1. The minimum Gasteiger partial charge on any atom is -0.497 e. The fourth-order valence-electron chi connectivity index (χ4n) is 2.34. The van der Waals surface area contributed by atoms with Gasteiger partial charge in [0.15, 0.2) is 0 Å². The molecule has 0 spiro atoms. The second kappa shape index (κ2) is 6.19. The predicted octanol–water partition coefficient (Wildman–Crippen LogP) is 5.25. The lowest BCUT2D eigenvalue weighted by atomic mass is 9.97. The summed E-state index contributed by atoms with van der Waals surface area (Å²) < 4.78 is 5.21. The van der Waals surface area contributed by atoms with E-state index in [4.69, 9.17) is 4.74 Å². The molecule has 1 aromatic carbocycles. The zero-order valence-corrected chi connectivity index (χ0v) is 14.8. The maximum atomic E-state index is 5.21. The second-order valence-electron chi connectivity index (χ2n) is 6.56. The van der Waals surface area contributed by atoms with Gasteiger partial charge in [-0.05, 0) is 29.7 Å². The summed E-state index contributed by atoms with van der Waals surface area (Å²) in [4.78, 5) is 1.91. The molecule has 106 valence electrons. The van der Waals surface area contributed by atoms with Gasteiger partial charge in [-0.15, -0.1) is 18.3 Å². The zero-order valence-electron chi connectivity index (χ0n) is 13.0. The lowest BCUT2D eigenvalue weighted by molar-refractivity contribution is 0.414. The van der Waals surface area contributed by atoms with Crippen LogP contribution in [-0.2, 0) is 0 Å². The minimum atomic E-state index is -1.29. The van der Waals surface area contributed by atoms with E-state index in [0.717, 1.165) is 5.75 Å². The Hall–Kier alpha value is -0.673. The summed E-state index contributed by atoms with van der Waals surface area (Å²) in [6.45, 7) is 15.9. The van der Waals surface area contributed by atoms with Crippen LogP contribution in [0.2, 0.25) is 19.6 Å². The first-order chi connectivity index (χ1) is 8.70. The highest BCUT2D eigenvalue weighted by Crippen LogP contribution is 2.42. The first-order valence-electron chi connectivity index (χ1n) is 6.65. The van der Waals surface area contributed by atoms with Crippen LogP contribution in [0, 0.1) is 5.41 Å². The summed E-state index contributed by atoms with van der Waals surface area (Å²) in [6.07, 6.45) is 2.10. The molecule has 1 unspecified atom stereocenters. The SMILES string of the molecule is C=CC(C)(C)C(Sc1ccc(OC)cc1)[Si](C)(C)C. The summed E-state index contributed by atoms with van der Waals surface area (Å²) in [5, 5.41) is 0. The van der Waals surface area contributed by atoms with E-state index >= 15 is 0 Å². The number of hydrogen-bond acceptors (Lipinski definition) is 2. The first-order valence-corrected chi connectivity index (χ1v) is 11.1. The predicted molar refractivity (Wildman–Crippen MR) is 90.0 cm³/mol. The lowest BCUT2D eigenvalue weighted by Gasteiger charge is -2.39. The van der Waals surface area contributed by atoms with Gasteiger partial charge in [0.2, 0.25) is 0 Å². The van der Waals surface area contributed by atoms with Gasteiger partial charge >= 0.3 is 0 Å². The molecule has 0 aliphatic rings. The van der Waals surface area contributed by atoms with Crippen molar-refractivity contribution in [2.75, 3.05) is 7.11 Å². The summed E-state index contributed by atoms with van der Waals surface area (Å²) in [5.41, 5.74) is 0.148. The minimum absolute atomic E-state index is 0.148. The second-order valence-corrected chi connectivity index (χ2v) is 13.5. The van der Waals surface area contributed by atoms with Crippen molar-refractivity contribution in [2.45, 2.75) is 43.3 Å². The standard InChI is InChI=1S/C16H26OSSi/c1-8-16(2,3)15(19(5,6)7)18-14-11-9-13(17-4)10-12-14/h8-12,15H,1H2,2-7H3. The number of hydrogen-bond donors (Lipinski definition) is 0. The topological polar surface area (TPSA) is 9.23 Å². The van der Waals surface area contributed by atoms with Crippen LogP contribution >= 0.6 is 11.8 Å². The van der Waals surface area contributed by atoms with Crippen LogP contribution in [0.15, 0.2) is 41.8 Å². The molecule has 0 radical (unpaired) electrons. The van der Waals surface area contributed by atoms with Crippen LogP contribution in [-0.4, -0.2) is 20.1 Å². The highest BCUT2D eigenvalue weighted by atomic mass is 32.2. The van der Waals surface area contributed by atoms with E-state index < -0.39 is 8.07 Å². The molecule has 0 aromatic heterocycles. The van der Waals surface area contributed by atoms with Crippen molar-refractivity contribution in [3.05, 3.63) is 36.9 Å². The highest BCUT2D eigenvalue weighted by molar-refractivity contribution is 8.01. The third kappa shape index (κ3) is 4.43. The molecule has 0 saturated heterocycles.